The molecule has 1 aromatic carbocycles. The predicted molar refractivity (Wildman–Crippen MR) is 63.1 cm³/mol. The highest BCUT2D eigenvalue weighted by atomic mass is 79.9. The molecule has 82 valence electrons. The normalized spacial score (nSPS) is 11.6. The van der Waals surface area contributed by atoms with E-state index in [1.54, 1.807) is 12.1 Å². The van der Waals surface area contributed by atoms with Crippen molar-refractivity contribution in [1.29, 1.82) is 0 Å². The summed E-state index contributed by atoms with van der Waals surface area (Å²) >= 11 is 3.19. The summed E-state index contributed by atoms with van der Waals surface area (Å²) in [5.41, 5.74) is 2.79. The molecule has 0 aromatic heterocycles. The Kier molecular flexibility index (Phi) is 4.71. The van der Waals surface area contributed by atoms with Crippen molar-refractivity contribution in [2.24, 2.45) is 10.8 Å². The lowest BCUT2D eigenvalue weighted by Gasteiger charge is -2.07. The lowest BCUT2D eigenvalue weighted by molar-refractivity contribution is 0.623. The lowest BCUT2D eigenvalue weighted by Crippen LogP contribution is -2.32. The number of halogens is 2. The van der Waals surface area contributed by atoms with Gasteiger partial charge >= 0.3 is 0 Å². The Labute approximate surface area is 96.7 Å². The molecule has 0 bridgehead atoms. The highest BCUT2D eigenvalue weighted by molar-refractivity contribution is 9.10. The van der Waals surface area contributed by atoms with Gasteiger partial charge in [-0.25, -0.2) is 10.2 Å². The molecule has 0 heterocycles. The molecule has 1 aromatic rings. The third kappa shape index (κ3) is 3.28. The van der Waals surface area contributed by atoms with Gasteiger partial charge in [0.05, 0.1) is 5.56 Å². The Morgan fingerprint density at radius 2 is 2.33 bits per heavy atom. The molecule has 3 N–H and O–H groups in total. The Bertz CT molecular complexity index is 366. The number of rotatable bonds is 3. The first kappa shape index (κ1) is 12.1. The van der Waals surface area contributed by atoms with E-state index >= 15 is 0 Å². The molecule has 0 spiro atoms. The Balaban J connectivity index is 3.02. The number of nitrogens with two attached hydrogens (primary N) is 1. The minimum absolute atomic E-state index is 0.350. The first-order chi connectivity index (χ1) is 7.19. The topological polar surface area (TPSA) is 50.4 Å². The molecule has 0 atom stereocenters. The van der Waals surface area contributed by atoms with E-state index in [9.17, 15) is 4.39 Å². The molecule has 0 aliphatic heterocycles. The fourth-order valence-corrected chi connectivity index (χ4v) is 1.45. The Morgan fingerprint density at radius 3 is 2.87 bits per heavy atom. The van der Waals surface area contributed by atoms with Crippen LogP contribution < -0.4 is 11.3 Å². The van der Waals surface area contributed by atoms with Crippen LogP contribution in [0, 0.1) is 5.82 Å². The van der Waals surface area contributed by atoms with Crippen LogP contribution in [0.2, 0.25) is 0 Å². The molecule has 0 unspecified atom stereocenters. The Hall–Kier alpha value is -0.940. The standard InChI is InChI=1S/C10H13BrFN3/c1-2-5-14-10(15-13)8-4-3-7(11)6-9(8)12/h3-4,6H,2,5,13H2,1H3,(H,14,15). The second-order valence-corrected chi connectivity index (χ2v) is 3.91. The molecule has 5 heteroatoms. The van der Waals surface area contributed by atoms with E-state index in [2.05, 4.69) is 26.3 Å². The molecule has 0 fully saturated rings. The van der Waals surface area contributed by atoms with Crippen LogP contribution >= 0.6 is 15.9 Å². The van der Waals surface area contributed by atoms with E-state index in [-0.39, 0.29) is 5.82 Å². The zero-order chi connectivity index (χ0) is 11.3. The van der Waals surface area contributed by atoms with E-state index < -0.39 is 0 Å². The second-order valence-electron chi connectivity index (χ2n) is 3.00. The molecule has 15 heavy (non-hydrogen) atoms. The molecular weight excluding hydrogens is 261 g/mol. The van der Waals surface area contributed by atoms with Crippen molar-refractivity contribution in [3.05, 3.63) is 34.1 Å². The molecule has 3 nitrogen and oxygen atoms in total. The van der Waals surface area contributed by atoms with Gasteiger partial charge in [0.15, 0.2) is 0 Å². The number of benzene rings is 1. The number of hydrazine groups is 1. The fraction of sp³-hybridized carbons (Fsp3) is 0.300. The maximum Gasteiger partial charge on any atom is 0.145 e. The van der Waals surface area contributed by atoms with Gasteiger partial charge in [0.25, 0.3) is 0 Å². The first-order valence-electron chi connectivity index (χ1n) is 4.65. The molecule has 1 rings (SSSR count). The van der Waals surface area contributed by atoms with Gasteiger partial charge in [0.1, 0.15) is 11.7 Å². The van der Waals surface area contributed by atoms with Gasteiger partial charge in [-0.2, -0.15) is 0 Å². The highest BCUT2D eigenvalue weighted by Gasteiger charge is 2.08. The van der Waals surface area contributed by atoms with E-state index in [0.29, 0.717) is 22.4 Å². The van der Waals surface area contributed by atoms with E-state index in [0.717, 1.165) is 6.42 Å². The summed E-state index contributed by atoms with van der Waals surface area (Å²) in [6.45, 7) is 2.62. The average molecular weight is 274 g/mol. The predicted octanol–water partition coefficient (Wildman–Crippen LogP) is 2.21. The molecule has 0 radical (unpaired) electrons. The van der Waals surface area contributed by atoms with Crippen molar-refractivity contribution in [2.45, 2.75) is 13.3 Å². The van der Waals surface area contributed by atoms with E-state index in [1.165, 1.54) is 6.07 Å². The summed E-state index contributed by atoms with van der Waals surface area (Å²) < 4.78 is 14.2. The van der Waals surface area contributed by atoms with E-state index in [4.69, 9.17) is 5.84 Å². The van der Waals surface area contributed by atoms with Crippen LogP contribution in [0.25, 0.3) is 0 Å². The van der Waals surface area contributed by atoms with Gasteiger partial charge in [0, 0.05) is 11.0 Å². The van der Waals surface area contributed by atoms with Crippen LogP contribution in [0.5, 0.6) is 0 Å². The second kappa shape index (κ2) is 5.82. The molecule has 0 saturated carbocycles. The van der Waals surface area contributed by atoms with Crippen LogP contribution in [0.1, 0.15) is 18.9 Å². The zero-order valence-corrected chi connectivity index (χ0v) is 10.0. The van der Waals surface area contributed by atoms with Crippen LogP contribution in [-0.4, -0.2) is 12.4 Å². The molecular formula is C10H13BrFN3. The third-order valence-corrected chi connectivity index (χ3v) is 2.31. The monoisotopic (exact) mass is 273 g/mol. The zero-order valence-electron chi connectivity index (χ0n) is 8.43. The summed E-state index contributed by atoms with van der Waals surface area (Å²) in [5.74, 6) is 5.32. The van der Waals surface area contributed by atoms with Gasteiger partial charge in [0.2, 0.25) is 0 Å². The molecule has 0 amide bonds. The van der Waals surface area contributed by atoms with Gasteiger partial charge < -0.3 is 5.43 Å². The summed E-state index contributed by atoms with van der Waals surface area (Å²) in [5, 5.41) is 0. The van der Waals surface area contributed by atoms with Crippen molar-refractivity contribution in [3.63, 3.8) is 0 Å². The van der Waals surface area contributed by atoms with Crippen LogP contribution in [0.3, 0.4) is 0 Å². The number of nitrogens with zero attached hydrogens (tertiary/aromatic N) is 1. The van der Waals surface area contributed by atoms with E-state index in [1.807, 2.05) is 6.92 Å². The van der Waals surface area contributed by atoms with Gasteiger partial charge in [-0.05, 0) is 24.6 Å². The van der Waals surface area contributed by atoms with Crippen LogP contribution in [-0.2, 0) is 0 Å². The number of nitrogens with one attached hydrogen (secondary N) is 1. The minimum Gasteiger partial charge on any atom is -0.308 e. The maximum absolute atomic E-state index is 13.5. The summed E-state index contributed by atoms with van der Waals surface area (Å²) in [6.07, 6.45) is 0.892. The van der Waals surface area contributed by atoms with Crippen LogP contribution in [0.15, 0.2) is 27.7 Å². The molecule has 0 aliphatic carbocycles. The van der Waals surface area contributed by atoms with Crippen molar-refractivity contribution < 1.29 is 4.39 Å². The van der Waals surface area contributed by atoms with Crippen LogP contribution in [0.4, 0.5) is 4.39 Å². The van der Waals surface area contributed by atoms with Crippen molar-refractivity contribution >= 4 is 21.8 Å². The lowest BCUT2D eigenvalue weighted by atomic mass is 10.2. The Morgan fingerprint density at radius 1 is 1.60 bits per heavy atom. The smallest absolute Gasteiger partial charge is 0.145 e. The molecule has 0 aliphatic rings. The third-order valence-electron chi connectivity index (χ3n) is 1.82. The van der Waals surface area contributed by atoms with Crippen molar-refractivity contribution in [1.82, 2.24) is 5.43 Å². The number of amidine groups is 1. The largest absolute Gasteiger partial charge is 0.308 e. The molecule has 0 saturated heterocycles. The maximum atomic E-state index is 13.5. The van der Waals surface area contributed by atoms with Crippen molar-refractivity contribution in [2.75, 3.05) is 6.54 Å². The highest BCUT2D eigenvalue weighted by Crippen LogP contribution is 2.15. The SMILES string of the molecule is CCCN=C(NN)c1ccc(Br)cc1F. The summed E-state index contributed by atoms with van der Waals surface area (Å²) in [4.78, 5) is 4.15. The number of hydrogen-bond acceptors (Lipinski definition) is 2. The quantitative estimate of drug-likeness (QED) is 0.384. The number of hydrogen-bond donors (Lipinski definition) is 2. The summed E-state index contributed by atoms with van der Waals surface area (Å²) in [7, 11) is 0. The fourth-order valence-electron chi connectivity index (χ4n) is 1.11. The van der Waals surface area contributed by atoms with Gasteiger partial charge in [-0.3, -0.25) is 4.99 Å². The average Bonchev–Trinajstić information content (AvgIpc) is 2.21. The minimum atomic E-state index is -0.350. The van der Waals surface area contributed by atoms with Gasteiger partial charge in [-0.15, -0.1) is 0 Å². The van der Waals surface area contributed by atoms with Crippen molar-refractivity contribution in [3.8, 4) is 0 Å². The van der Waals surface area contributed by atoms with Gasteiger partial charge in [-0.1, -0.05) is 22.9 Å². The number of aliphatic imine (C=N–C) groups is 1. The first-order valence-corrected chi connectivity index (χ1v) is 5.44. The summed E-state index contributed by atoms with van der Waals surface area (Å²) in [6, 6.07) is 4.76.